The van der Waals surface area contributed by atoms with Crippen LogP contribution in [0.2, 0.25) is 0 Å². The normalized spacial score (nSPS) is 18.7. The maximum Gasteiger partial charge on any atom is 0.263 e. The quantitative estimate of drug-likeness (QED) is 0.863. The highest BCUT2D eigenvalue weighted by Crippen LogP contribution is 2.33. The fraction of sp³-hybridized carbons (Fsp3) is 0.364. The second kappa shape index (κ2) is 7.54. The van der Waals surface area contributed by atoms with Gasteiger partial charge in [-0.05, 0) is 68.1 Å². The largest absolute Gasteiger partial charge is 0.497 e. The van der Waals surface area contributed by atoms with Gasteiger partial charge in [-0.1, -0.05) is 0 Å². The van der Waals surface area contributed by atoms with E-state index in [1.807, 2.05) is 17.0 Å². The number of anilines is 1. The summed E-state index contributed by atoms with van der Waals surface area (Å²) in [4.78, 5) is 27.0. The molecule has 1 atom stereocenters. The maximum atomic E-state index is 12.6. The van der Waals surface area contributed by atoms with Crippen LogP contribution in [0.15, 0.2) is 42.5 Å². The summed E-state index contributed by atoms with van der Waals surface area (Å²) in [5.41, 5.74) is 2.13. The first-order chi connectivity index (χ1) is 13.5. The molecular weight excluding hydrogens is 356 g/mol. The van der Waals surface area contributed by atoms with E-state index in [1.165, 1.54) is 12.8 Å². The Bertz CT molecular complexity index is 890. The third-order valence-corrected chi connectivity index (χ3v) is 5.17. The number of methoxy groups -OCH3 is 1. The molecule has 28 heavy (non-hydrogen) atoms. The number of amides is 2. The van der Waals surface area contributed by atoms with Gasteiger partial charge in [-0.15, -0.1) is 0 Å². The Morgan fingerprint density at radius 2 is 1.96 bits per heavy atom. The molecular formula is C22H24N2O4. The zero-order chi connectivity index (χ0) is 19.7. The lowest BCUT2D eigenvalue weighted by Crippen LogP contribution is -2.39. The Kier molecular flexibility index (Phi) is 4.94. The Hall–Kier alpha value is -3.02. The zero-order valence-corrected chi connectivity index (χ0v) is 16.1. The topological polar surface area (TPSA) is 67.9 Å². The van der Waals surface area contributed by atoms with Crippen LogP contribution in [0.4, 0.5) is 5.69 Å². The van der Waals surface area contributed by atoms with Crippen LogP contribution >= 0.6 is 0 Å². The highest BCUT2D eigenvalue weighted by Gasteiger charge is 2.32. The molecule has 1 heterocycles. The van der Waals surface area contributed by atoms with E-state index in [0.29, 0.717) is 35.2 Å². The summed E-state index contributed by atoms with van der Waals surface area (Å²) in [7, 11) is 1.59. The van der Waals surface area contributed by atoms with E-state index < -0.39 is 6.10 Å². The molecule has 6 nitrogen and oxygen atoms in total. The molecule has 1 aliphatic heterocycles. The Labute approximate surface area is 164 Å². The van der Waals surface area contributed by atoms with Crippen LogP contribution in [-0.4, -0.2) is 36.5 Å². The summed E-state index contributed by atoms with van der Waals surface area (Å²) < 4.78 is 11.0. The van der Waals surface area contributed by atoms with Gasteiger partial charge in [-0.2, -0.15) is 0 Å². The minimum absolute atomic E-state index is 0.0203. The van der Waals surface area contributed by atoms with Crippen LogP contribution in [0.3, 0.4) is 0 Å². The molecule has 2 aromatic carbocycles. The van der Waals surface area contributed by atoms with Crippen molar-refractivity contribution in [3.63, 3.8) is 0 Å². The number of hydrogen-bond acceptors (Lipinski definition) is 4. The van der Waals surface area contributed by atoms with E-state index >= 15 is 0 Å². The van der Waals surface area contributed by atoms with Gasteiger partial charge in [0.1, 0.15) is 11.5 Å². The number of carbonyl (C=O) groups excluding carboxylic acids is 2. The van der Waals surface area contributed by atoms with E-state index in [-0.39, 0.29) is 11.8 Å². The van der Waals surface area contributed by atoms with E-state index in [1.54, 1.807) is 44.4 Å². The second-order valence-electron chi connectivity index (χ2n) is 7.43. The van der Waals surface area contributed by atoms with Crippen molar-refractivity contribution in [2.75, 3.05) is 19.0 Å². The third-order valence-electron chi connectivity index (χ3n) is 5.17. The molecule has 6 heteroatoms. The van der Waals surface area contributed by atoms with Gasteiger partial charge in [-0.3, -0.25) is 9.59 Å². The van der Waals surface area contributed by atoms with Gasteiger partial charge >= 0.3 is 0 Å². The average molecular weight is 380 g/mol. The highest BCUT2D eigenvalue weighted by molar-refractivity contribution is 6.04. The van der Waals surface area contributed by atoms with Crippen molar-refractivity contribution in [2.24, 2.45) is 5.92 Å². The van der Waals surface area contributed by atoms with Gasteiger partial charge in [0, 0.05) is 29.9 Å². The number of fused-ring (bicyclic) bond motifs is 1. The Morgan fingerprint density at radius 3 is 2.64 bits per heavy atom. The number of nitrogens with one attached hydrogen (secondary N) is 1. The first-order valence-corrected chi connectivity index (χ1v) is 9.57. The van der Waals surface area contributed by atoms with E-state index in [2.05, 4.69) is 5.32 Å². The fourth-order valence-electron chi connectivity index (χ4n) is 3.39. The fourth-order valence-corrected chi connectivity index (χ4v) is 3.39. The molecule has 1 fully saturated rings. The molecule has 4 rings (SSSR count). The first-order valence-electron chi connectivity index (χ1n) is 9.57. The average Bonchev–Trinajstić information content (AvgIpc) is 3.53. The monoisotopic (exact) mass is 380 g/mol. The lowest BCUT2D eigenvalue weighted by Gasteiger charge is -2.22. The molecule has 1 aliphatic carbocycles. The smallest absolute Gasteiger partial charge is 0.263 e. The molecule has 0 saturated heterocycles. The van der Waals surface area contributed by atoms with Crippen LogP contribution in [0.1, 0.15) is 35.7 Å². The summed E-state index contributed by atoms with van der Waals surface area (Å²) in [5, 5.41) is 2.92. The summed E-state index contributed by atoms with van der Waals surface area (Å²) in [6.07, 6.45) is 1.87. The molecule has 1 unspecified atom stereocenters. The van der Waals surface area contributed by atoms with E-state index in [0.717, 1.165) is 12.1 Å². The number of nitrogens with zero attached hydrogens (tertiary/aromatic N) is 1. The number of hydrogen-bond donors (Lipinski definition) is 1. The molecule has 0 spiro atoms. The van der Waals surface area contributed by atoms with Crippen molar-refractivity contribution in [2.45, 2.75) is 32.4 Å². The van der Waals surface area contributed by atoms with Gasteiger partial charge < -0.3 is 19.7 Å². The van der Waals surface area contributed by atoms with E-state index in [4.69, 9.17) is 9.47 Å². The zero-order valence-electron chi connectivity index (χ0n) is 16.1. The number of carbonyl (C=O) groups is 2. The van der Waals surface area contributed by atoms with Gasteiger partial charge in [0.25, 0.3) is 11.8 Å². The molecule has 1 saturated carbocycles. The van der Waals surface area contributed by atoms with Crippen molar-refractivity contribution < 1.29 is 19.1 Å². The van der Waals surface area contributed by atoms with Gasteiger partial charge in [0.2, 0.25) is 0 Å². The van der Waals surface area contributed by atoms with Crippen molar-refractivity contribution in [1.82, 2.24) is 4.90 Å². The number of ether oxygens (including phenoxy) is 2. The predicted molar refractivity (Wildman–Crippen MR) is 106 cm³/mol. The molecule has 2 aromatic rings. The Morgan fingerprint density at radius 1 is 1.21 bits per heavy atom. The third kappa shape index (κ3) is 3.96. The molecule has 2 amide bonds. The van der Waals surface area contributed by atoms with Gasteiger partial charge in [-0.25, -0.2) is 0 Å². The van der Waals surface area contributed by atoms with Crippen molar-refractivity contribution in [1.29, 1.82) is 0 Å². The summed E-state index contributed by atoms with van der Waals surface area (Å²) in [6, 6.07) is 12.5. The van der Waals surface area contributed by atoms with Crippen molar-refractivity contribution in [3.05, 3.63) is 53.6 Å². The summed E-state index contributed by atoms with van der Waals surface area (Å²) in [6.45, 7) is 3.06. The van der Waals surface area contributed by atoms with Crippen LogP contribution in [0.25, 0.3) is 0 Å². The second-order valence-corrected chi connectivity index (χ2v) is 7.43. The maximum absolute atomic E-state index is 12.6. The van der Waals surface area contributed by atoms with Crippen LogP contribution < -0.4 is 14.8 Å². The highest BCUT2D eigenvalue weighted by atomic mass is 16.5. The molecule has 0 radical (unpaired) electrons. The number of rotatable bonds is 5. The van der Waals surface area contributed by atoms with Gasteiger partial charge in [0.15, 0.2) is 6.10 Å². The summed E-state index contributed by atoms with van der Waals surface area (Å²) in [5.74, 6) is 1.83. The summed E-state index contributed by atoms with van der Waals surface area (Å²) >= 11 is 0. The number of benzene rings is 2. The minimum atomic E-state index is -0.500. The van der Waals surface area contributed by atoms with Crippen molar-refractivity contribution >= 4 is 17.5 Å². The molecule has 146 valence electrons. The lowest BCUT2D eigenvalue weighted by atomic mass is 10.1. The van der Waals surface area contributed by atoms with Gasteiger partial charge in [0.05, 0.1) is 7.11 Å². The first kappa shape index (κ1) is 18.3. The standard InChI is InChI=1S/C22H24N2O4/c1-14-22(26)24(12-15-3-4-15)13-17-11-18(7-10-20(17)28-14)23-21(25)16-5-8-19(27-2)9-6-16/h5-11,14-15H,3-4,12-13H2,1-2H3,(H,23,25). The van der Waals surface area contributed by atoms with Crippen LogP contribution in [0, 0.1) is 5.92 Å². The predicted octanol–water partition coefficient (Wildman–Crippen LogP) is 3.47. The molecule has 0 bridgehead atoms. The minimum Gasteiger partial charge on any atom is -0.497 e. The Balaban J connectivity index is 1.52. The molecule has 2 aliphatic rings. The van der Waals surface area contributed by atoms with E-state index in [9.17, 15) is 9.59 Å². The lowest BCUT2D eigenvalue weighted by molar-refractivity contribution is -0.137. The molecule has 0 aromatic heterocycles. The SMILES string of the molecule is COc1ccc(C(=O)Nc2ccc3c(c2)CN(CC2CC2)C(=O)C(C)O3)cc1. The van der Waals surface area contributed by atoms with Crippen LogP contribution in [-0.2, 0) is 11.3 Å². The van der Waals surface area contributed by atoms with Crippen LogP contribution in [0.5, 0.6) is 11.5 Å². The molecule has 1 N–H and O–H groups in total. The van der Waals surface area contributed by atoms with Crippen molar-refractivity contribution in [3.8, 4) is 11.5 Å².